The first-order valence-electron chi connectivity index (χ1n) is 14.3. The number of aromatic nitrogens is 3. The molecule has 4 heteroatoms. The van der Waals surface area contributed by atoms with Gasteiger partial charge in [-0.1, -0.05) is 98.1 Å². The molecule has 0 radical (unpaired) electrons. The van der Waals surface area contributed by atoms with Gasteiger partial charge in [-0.3, -0.25) is 4.57 Å². The van der Waals surface area contributed by atoms with Crippen LogP contribution < -0.4 is 5.73 Å². The van der Waals surface area contributed by atoms with E-state index >= 15 is 0 Å². The van der Waals surface area contributed by atoms with Gasteiger partial charge in [-0.05, 0) is 59.2 Å². The Kier molecular flexibility index (Phi) is 5.11. The SMILES string of the molecule is C/C=C\c1cccc(-c2nc3c(nc2-n2c4ccccc4c4cc5ccccc5cc42)C2=C(C=C=C=C2)C3(C)C)c1N. The molecule has 0 spiro atoms. The van der Waals surface area contributed by atoms with Gasteiger partial charge in [0.1, 0.15) is 5.69 Å². The highest BCUT2D eigenvalue weighted by Crippen LogP contribution is 2.48. The van der Waals surface area contributed by atoms with Crippen LogP contribution >= 0.6 is 0 Å². The number of rotatable bonds is 3. The van der Waals surface area contributed by atoms with Crippen molar-refractivity contribution in [2.45, 2.75) is 26.2 Å². The number of anilines is 1. The summed E-state index contributed by atoms with van der Waals surface area (Å²) in [6, 6.07) is 27.7. The van der Waals surface area contributed by atoms with Gasteiger partial charge in [0.2, 0.25) is 0 Å². The van der Waals surface area contributed by atoms with Crippen molar-refractivity contribution in [3.8, 4) is 17.1 Å². The fraction of sp³-hybridized carbons (Fsp3) is 0.105. The molecule has 0 unspecified atom stereocenters. The van der Waals surface area contributed by atoms with E-state index in [1.807, 2.05) is 43.4 Å². The van der Waals surface area contributed by atoms with E-state index < -0.39 is 0 Å². The van der Waals surface area contributed by atoms with Gasteiger partial charge in [-0.25, -0.2) is 9.97 Å². The van der Waals surface area contributed by atoms with Crippen LogP contribution in [0.25, 0.3) is 61.3 Å². The normalized spacial score (nSPS) is 15.0. The van der Waals surface area contributed by atoms with E-state index in [2.05, 4.69) is 96.6 Å². The van der Waals surface area contributed by atoms with Crippen LogP contribution in [0.15, 0.2) is 114 Å². The number of nitrogens with zero attached hydrogens (tertiary/aromatic N) is 3. The number of fused-ring (bicyclic) bond motifs is 6. The average molecular weight is 541 g/mol. The molecular weight excluding hydrogens is 512 g/mol. The molecule has 0 fully saturated rings. The quantitative estimate of drug-likeness (QED) is 0.180. The van der Waals surface area contributed by atoms with Crippen molar-refractivity contribution in [3.05, 3.63) is 131 Å². The summed E-state index contributed by atoms with van der Waals surface area (Å²) in [5.74, 6) is 0.760. The van der Waals surface area contributed by atoms with Crippen LogP contribution in [0.5, 0.6) is 0 Å². The molecule has 0 saturated carbocycles. The van der Waals surface area contributed by atoms with Gasteiger partial charge in [-0.15, -0.1) is 0 Å². The average Bonchev–Trinajstić information content (AvgIpc) is 3.44. The third-order valence-corrected chi connectivity index (χ3v) is 8.70. The molecule has 42 heavy (non-hydrogen) atoms. The van der Waals surface area contributed by atoms with Crippen molar-refractivity contribution in [1.82, 2.24) is 14.5 Å². The molecule has 8 rings (SSSR count). The monoisotopic (exact) mass is 540 g/mol. The first-order valence-corrected chi connectivity index (χ1v) is 14.3. The Morgan fingerprint density at radius 3 is 2.38 bits per heavy atom. The molecule has 2 aliphatic rings. The molecule has 0 aliphatic heterocycles. The predicted octanol–water partition coefficient (Wildman–Crippen LogP) is 8.93. The number of hydrogen-bond acceptors (Lipinski definition) is 3. The predicted molar refractivity (Wildman–Crippen MR) is 175 cm³/mol. The van der Waals surface area contributed by atoms with E-state index in [4.69, 9.17) is 15.7 Å². The molecular formula is C38H28N4. The van der Waals surface area contributed by atoms with E-state index in [0.29, 0.717) is 5.69 Å². The number of nitrogen functional groups attached to an aromatic ring is 1. The smallest absolute Gasteiger partial charge is 0.165 e. The lowest BCUT2D eigenvalue weighted by Crippen LogP contribution is -2.20. The number of nitrogens with two attached hydrogens (primary N) is 1. The van der Waals surface area contributed by atoms with Gasteiger partial charge in [-0.2, -0.15) is 0 Å². The molecule has 0 bridgehead atoms. The Balaban J connectivity index is 1.54. The molecule has 2 aromatic heterocycles. The molecule has 2 aliphatic carbocycles. The van der Waals surface area contributed by atoms with E-state index in [-0.39, 0.29) is 5.41 Å². The number of benzene rings is 4. The Bertz CT molecular complexity index is 2310. The fourth-order valence-corrected chi connectivity index (χ4v) is 6.61. The highest BCUT2D eigenvalue weighted by molar-refractivity contribution is 6.14. The second-order valence-corrected chi connectivity index (χ2v) is 11.5. The molecule has 4 aromatic carbocycles. The van der Waals surface area contributed by atoms with Gasteiger partial charge >= 0.3 is 0 Å². The molecule has 2 N–H and O–H groups in total. The molecule has 0 amide bonds. The first-order chi connectivity index (χ1) is 20.5. The minimum absolute atomic E-state index is 0.344. The molecule has 2 heterocycles. The maximum Gasteiger partial charge on any atom is 0.165 e. The maximum absolute atomic E-state index is 6.88. The van der Waals surface area contributed by atoms with Gasteiger partial charge in [0.15, 0.2) is 5.82 Å². The van der Waals surface area contributed by atoms with E-state index in [1.54, 1.807) is 0 Å². The Hall–Kier alpha value is -5.40. The lowest BCUT2D eigenvalue weighted by Gasteiger charge is -2.23. The summed E-state index contributed by atoms with van der Waals surface area (Å²) in [6.07, 6.45) is 8.06. The number of para-hydroxylation sites is 2. The minimum atomic E-state index is -0.344. The van der Waals surface area contributed by atoms with E-state index in [9.17, 15) is 0 Å². The summed E-state index contributed by atoms with van der Waals surface area (Å²) in [7, 11) is 0. The van der Waals surface area contributed by atoms with E-state index in [1.165, 1.54) is 21.5 Å². The zero-order valence-electron chi connectivity index (χ0n) is 23.7. The molecule has 6 aromatic rings. The highest BCUT2D eigenvalue weighted by atomic mass is 15.1. The van der Waals surface area contributed by atoms with Gasteiger partial charge < -0.3 is 5.73 Å². The van der Waals surface area contributed by atoms with Crippen LogP contribution in [0.3, 0.4) is 0 Å². The second-order valence-electron chi connectivity index (χ2n) is 11.5. The topological polar surface area (TPSA) is 56.7 Å². The largest absolute Gasteiger partial charge is 0.398 e. The van der Waals surface area contributed by atoms with Gasteiger partial charge in [0.25, 0.3) is 0 Å². The Morgan fingerprint density at radius 1 is 0.786 bits per heavy atom. The Labute approximate surface area is 244 Å². The number of hydrogen-bond donors (Lipinski definition) is 1. The highest BCUT2D eigenvalue weighted by Gasteiger charge is 2.40. The number of allylic oxidation sites excluding steroid dienone is 5. The van der Waals surface area contributed by atoms with Crippen LogP contribution in [0.2, 0.25) is 0 Å². The summed E-state index contributed by atoms with van der Waals surface area (Å²) in [5, 5.41) is 4.73. The van der Waals surface area contributed by atoms with Crippen molar-refractivity contribution in [2.75, 3.05) is 5.73 Å². The Morgan fingerprint density at radius 2 is 1.55 bits per heavy atom. The molecule has 200 valence electrons. The zero-order chi connectivity index (χ0) is 28.6. The molecule has 0 saturated heterocycles. The third-order valence-electron chi connectivity index (χ3n) is 8.70. The second kappa shape index (κ2) is 8.80. The summed E-state index contributed by atoms with van der Waals surface area (Å²) < 4.78 is 2.27. The van der Waals surface area contributed by atoms with Crippen LogP contribution in [0, 0.1) is 0 Å². The lowest BCUT2D eigenvalue weighted by molar-refractivity contribution is 0.627. The summed E-state index contributed by atoms with van der Waals surface area (Å²) in [4.78, 5) is 11.0. The van der Waals surface area contributed by atoms with Gasteiger partial charge in [0.05, 0.1) is 22.4 Å². The lowest BCUT2D eigenvalue weighted by atomic mass is 9.83. The van der Waals surface area contributed by atoms with Gasteiger partial charge in [0, 0.05) is 33.0 Å². The zero-order valence-corrected chi connectivity index (χ0v) is 23.7. The van der Waals surface area contributed by atoms with Crippen molar-refractivity contribution >= 4 is 49.9 Å². The van der Waals surface area contributed by atoms with Crippen molar-refractivity contribution in [2.24, 2.45) is 0 Å². The van der Waals surface area contributed by atoms with Crippen molar-refractivity contribution in [3.63, 3.8) is 0 Å². The molecule has 0 atom stereocenters. The summed E-state index contributed by atoms with van der Waals surface area (Å²) >= 11 is 0. The van der Waals surface area contributed by atoms with Crippen LogP contribution in [0.4, 0.5) is 5.69 Å². The third kappa shape index (κ3) is 3.31. The summed E-state index contributed by atoms with van der Waals surface area (Å²) in [6.45, 7) is 6.41. The fourth-order valence-electron chi connectivity index (χ4n) is 6.61. The van der Waals surface area contributed by atoms with Crippen LogP contribution in [0.1, 0.15) is 37.7 Å². The van der Waals surface area contributed by atoms with Crippen LogP contribution in [-0.2, 0) is 5.41 Å². The first kappa shape index (κ1) is 24.4. The molecule has 4 nitrogen and oxygen atoms in total. The maximum atomic E-state index is 6.88. The summed E-state index contributed by atoms with van der Waals surface area (Å²) in [5.41, 5.74) is 22.3. The van der Waals surface area contributed by atoms with Crippen molar-refractivity contribution in [1.29, 1.82) is 0 Å². The van der Waals surface area contributed by atoms with Crippen LogP contribution in [-0.4, -0.2) is 14.5 Å². The standard InChI is InChI=1S/C38H28N4/c1-4-12-23-15-11-18-28(33(23)39)35-37(41-34-27-17-7-9-19-30(27)38(2,3)36(34)40-35)42-31-20-10-8-16-26(31)29-21-24-13-5-6-14-25(24)22-32(29)42/h4-6,8,10-22H,39H2,1-3H3/b12-4-. The minimum Gasteiger partial charge on any atom is -0.398 e. The van der Waals surface area contributed by atoms with E-state index in [0.717, 1.165) is 56.2 Å². The van der Waals surface area contributed by atoms with Crippen molar-refractivity contribution < 1.29 is 0 Å².